The van der Waals surface area contributed by atoms with Crippen molar-refractivity contribution >= 4 is 17.8 Å². The highest BCUT2D eigenvalue weighted by Gasteiger charge is 2.22. The van der Waals surface area contributed by atoms with Gasteiger partial charge in [-0.05, 0) is 33.6 Å². The lowest BCUT2D eigenvalue weighted by molar-refractivity contribution is -0.153. The molecule has 1 aliphatic rings. The summed E-state index contributed by atoms with van der Waals surface area (Å²) in [6.45, 7) is 8.66. The first-order valence-electron chi connectivity index (χ1n) is 7.66. The van der Waals surface area contributed by atoms with Crippen LogP contribution in [-0.4, -0.2) is 61.1 Å². The molecule has 0 aromatic rings. The Morgan fingerprint density at radius 3 is 2.32 bits per heavy atom. The molecule has 1 aliphatic heterocycles. The van der Waals surface area contributed by atoms with Crippen molar-refractivity contribution in [2.75, 3.05) is 26.7 Å². The van der Waals surface area contributed by atoms with E-state index in [0.29, 0.717) is 5.96 Å². The Balaban J connectivity index is 2.35. The normalized spacial score (nSPS) is 17.1. The van der Waals surface area contributed by atoms with Gasteiger partial charge in [0, 0.05) is 33.1 Å². The zero-order valence-electron chi connectivity index (χ0n) is 14.2. The van der Waals surface area contributed by atoms with Crippen LogP contribution in [0.2, 0.25) is 0 Å². The molecule has 0 aliphatic carbocycles. The summed E-state index contributed by atoms with van der Waals surface area (Å²) in [5, 5.41) is 6.23. The molecule has 0 aromatic heterocycles. The second kappa shape index (κ2) is 8.00. The van der Waals surface area contributed by atoms with E-state index in [1.54, 1.807) is 14.0 Å². The first-order valence-corrected chi connectivity index (χ1v) is 7.66. The van der Waals surface area contributed by atoms with Gasteiger partial charge >= 0.3 is 5.97 Å². The maximum Gasteiger partial charge on any atom is 0.325 e. The van der Waals surface area contributed by atoms with Gasteiger partial charge in [-0.15, -0.1) is 0 Å². The highest BCUT2D eigenvalue weighted by molar-refractivity contribution is 5.84. The van der Waals surface area contributed by atoms with Crippen molar-refractivity contribution in [3.63, 3.8) is 0 Å². The van der Waals surface area contributed by atoms with Crippen LogP contribution in [0.5, 0.6) is 0 Å². The van der Waals surface area contributed by atoms with Gasteiger partial charge in [-0.1, -0.05) is 0 Å². The minimum absolute atomic E-state index is 0.0727. The summed E-state index contributed by atoms with van der Waals surface area (Å²) >= 11 is 0. The summed E-state index contributed by atoms with van der Waals surface area (Å²) in [5.74, 6) is 0.375. The molecule has 0 aromatic carbocycles. The number of nitrogens with one attached hydrogen (secondary N) is 2. The summed E-state index contributed by atoms with van der Waals surface area (Å²) in [7, 11) is 1.66. The molecular formula is C15H28N4O3. The summed E-state index contributed by atoms with van der Waals surface area (Å²) in [4.78, 5) is 28.9. The SMILES string of the molecule is CN=C(NCC(=O)OC(C)(C)C)NC1CCN(C(C)=O)CC1. The van der Waals surface area contributed by atoms with Crippen LogP contribution in [0.1, 0.15) is 40.5 Å². The van der Waals surface area contributed by atoms with Crippen molar-refractivity contribution < 1.29 is 14.3 Å². The highest BCUT2D eigenvalue weighted by Crippen LogP contribution is 2.10. The van der Waals surface area contributed by atoms with Crippen molar-refractivity contribution in [2.24, 2.45) is 4.99 Å². The van der Waals surface area contributed by atoms with Crippen LogP contribution in [0.15, 0.2) is 4.99 Å². The number of guanidine groups is 1. The first kappa shape index (κ1) is 18.3. The third kappa shape index (κ3) is 6.78. The zero-order valence-corrected chi connectivity index (χ0v) is 14.2. The summed E-state index contributed by atoms with van der Waals surface area (Å²) in [6.07, 6.45) is 1.74. The van der Waals surface area contributed by atoms with Gasteiger partial charge < -0.3 is 20.3 Å². The third-order valence-corrected chi connectivity index (χ3v) is 3.32. The second-order valence-corrected chi connectivity index (χ2v) is 6.44. The standard InChI is InChI=1S/C15H28N4O3/c1-11(20)19-8-6-12(7-9-19)18-14(16-5)17-10-13(21)22-15(2,3)4/h12H,6-10H2,1-5H3,(H2,16,17,18). The zero-order chi connectivity index (χ0) is 16.8. The van der Waals surface area contributed by atoms with E-state index in [-0.39, 0.29) is 24.5 Å². The molecule has 22 heavy (non-hydrogen) atoms. The molecule has 1 saturated heterocycles. The predicted octanol–water partition coefficient (Wildman–Crippen LogP) is 0.504. The van der Waals surface area contributed by atoms with Gasteiger partial charge in [0.2, 0.25) is 5.91 Å². The molecule has 0 atom stereocenters. The highest BCUT2D eigenvalue weighted by atomic mass is 16.6. The van der Waals surface area contributed by atoms with Crippen LogP contribution in [-0.2, 0) is 14.3 Å². The number of carbonyl (C=O) groups excluding carboxylic acids is 2. The second-order valence-electron chi connectivity index (χ2n) is 6.44. The van der Waals surface area contributed by atoms with Crippen LogP contribution >= 0.6 is 0 Å². The van der Waals surface area contributed by atoms with Gasteiger partial charge in [0.25, 0.3) is 0 Å². The minimum atomic E-state index is -0.491. The van der Waals surface area contributed by atoms with Crippen LogP contribution in [0.4, 0.5) is 0 Å². The number of rotatable bonds is 3. The monoisotopic (exact) mass is 312 g/mol. The fourth-order valence-corrected chi connectivity index (χ4v) is 2.26. The Morgan fingerprint density at radius 1 is 1.27 bits per heavy atom. The number of esters is 1. The van der Waals surface area contributed by atoms with Gasteiger partial charge in [-0.25, -0.2) is 0 Å². The number of nitrogens with zero attached hydrogens (tertiary/aromatic N) is 2. The number of ether oxygens (including phenoxy) is 1. The van der Waals surface area contributed by atoms with Crippen molar-refractivity contribution in [3.05, 3.63) is 0 Å². The molecule has 0 spiro atoms. The van der Waals surface area contributed by atoms with Gasteiger partial charge in [0.1, 0.15) is 12.1 Å². The van der Waals surface area contributed by atoms with Crippen molar-refractivity contribution in [2.45, 2.75) is 52.2 Å². The van der Waals surface area contributed by atoms with E-state index in [1.807, 2.05) is 25.7 Å². The molecule has 0 unspecified atom stereocenters. The molecule has 0 saturated carbocycles. The lowest BCUT2D eigenvalue weighted by Gasteiger charge is -2.32. The smallest absolute Gasteiger partial charge is 0.325 e. The Bertz CT molecular complexity index is 421. The van der Waals surface area contributed by atoms with Gasteiger partial charge in [-0.2, -0.15) is 0 Å². The number of carbonyl (C=O) groups is 2. The van der Waals surface area contributed by atoms with E-state index in [9.17, 15) is 9.59 Å². The van der Waals surface area contributed by atoms with E-state index in [0.717, 1.165) is 25.9 Å². The van der Waals surface area contributed by atoms with Crippen molar-refractivity contribution in [1.29, 1.82) is 0 Å². The van der Waals surface area contributed by atoms with Crippen LogP contribution < -0.4 is 10.6 Å². The first-order chi connectivity index (χ1) is 10.2. The van der Waals surface area contributed by atoms with E-state index in [1.165, 1.54) is 0 Å². The lowest BCUT2D eigenvalue weighted by atomic mass is 10.1. The van der Waals surface area contributed by atoms with E-state index in [4.69, 9.17) is 4.74 Å². The average Bonchev–Trinajstić information content (AvgIpc) is 2.42. The maximum absolute atomic E-state index is 11.7. The lowest BCUT2D eigenvalue weighted by Crippen LogP contribution is -2.50. The molecule has 0 radical (unpaired) electrons. The Kier molecular flexibility index (Phi) is 6.64. The number of aliphatic imine (C=N–C) groups is 1. The summed E-state index contributed by atoms with van der Waals surface area (Å²) < 4.78 is 5.23. The van der Waals surface area contributed by atoms with E-state index < -0.39 is 5.60 Å². The topological polar surface area (TPSA) is 83.0 Å². The third-order valence-electron chi connectivity index (χ3n) is 3.32. The number of hydrogen-bond donors (Lipinski definition) is 2. The molecule has 1 amide bonds. The number of likely N-dealkylation sites (tertiary alicyclic amines) is 1. The van der Waals surface area contributed by atoms with E-state index in [2.05, 4.69) is 15.6 Å². The number of amides is 1. The molecule has 1 fully saturated rings. The molecule has 7 heteroatoms. The number of piperidine rings is 1. The largest absolute Gasteiger partial charge is 0.459 e. The van der Waals surface area contributed by atoms with E-state index >= 15 is 0 Å². The van der Waals surface area contributed by atoms with Crippen LogP contribution in [0.3, 0.4) is 0 Å². The molecule has 0 bridgehead atoms. The minimum Gasteiger partial charge on any atom is -0.459 e. The molecule has 1 rings (SSSR count). The molecule has 2 N–H and O–H groups in total. The molecule has 126 valence electrons. The molecular weight excluding hydrogens is 284 g/mol. The Hall–Kier alpha value is -1.79. The van der Waals surface area contributed by atoms with Crippen molar-refractivity contribution in [3.8, 4) is 0 Å². The number of hydrogen-bond acceptors (Lipinski definition) is 4. The van der Waals surface area contributed by atoms with Crippen LogP contribution in [0.25, 0.3) is 0 Å². The predicted molar refractivity (Wildman–Crippen MR) is 85.6 cm³/mol. The van der Waals surface area contributed by atoms with Crippen molar-refractivity contribution in [1.82, 2.24) is 15.5 Å². The van der Waals surface area contributed by atoms with Gasteiger partial charge in [0.15, 0.2) is 5.96 Å². The Labute approximate surface area is 132 Å². The average molecular weight is 312 g/mol. The summed E-state index contributed by atoms with van der Waals surface area (Å²) in [5.41, 5.74) is -0.491. The maximum atomic E-state index is 11.7. The molecule has 1 heterocycles. The van der Waals surface area contributed by atoms with Crippen LogP contribution in [0, 0.1) is 0 Å². The van der Waals surface area contributed by atoms with Gasteiger partial charge in [0.05, 0.1) is 0 Å². The fourth-order valence-electron chi connectivity index (χ4n) is 2.26. The van der Waals surface area contributed by atoms with Gasteiger partial charge in [-0.3, -0.25) is 14.6 Å². The Morgan fingerprint density at radius 2 is 1.86 bits per heavy atom. The molecule has 7 nitrogen and oxygen atoms in total. The quantitative estimate of drug-likeness (QED) is 0.450. The fraction of sp³-hybridized carbons (Fsp3) is 0.800. The summed E-state index contributed by atoms with van der Waals surface area (Å²) in [6, 6.07) is 0.250.